The van der Waals surface area contributed by atoms with E-state index < -0.39 is 0 Å². The van der Waals surface area contributed by atoms with Gasteiger partial charge in [-0.05, 0) is 0 Å². The van der Waals surface area contributed by atoms with Gasteiger partial charge in [-0.1, -0.05) is 19.3 Å². The van der Waals surface area contributed by atoms with Crippen molar-refractivity contribution in [1.29, 1.82) is 0 Å². The largest absolute Gasteiger partial charge is 1.00 e. The number of hydrogen-bond donors (Lipinski definition) is 0. The van der Waals surface area contributed by atoms with Gasteiger partial charge >= 0.3 is 51.4 Å². The molecular formula is C7H13K. The van der Waals surface area contributed by atoms with Gasteiger partial charge < -0.3 is 5.92 Å². The molecule has 0 aromatic heterocycles. The quantitative estimate of drug-likeness (QED) is 0.312. The first-order chi connectivity index (χ1) is 3.39. The van der Waals surface area contributed by atoms with Crippen LogP contribution in [0.4, 0.5) is 0 Å². The fraction of sp³-hybridized carbons (Fsp3) is 0.857. The summed E-state index contributed by atoms with van der Waals surface area (Å²) in [6, 6.07) is 0. The van der Waals surface area contributed by atoms with E-state index in [0.29, 0.717) is 0 Å². The molecule has 0 bridgehead atoms. The SMILES string of the molecule is C[C-]1CCCCC1.[K+]. The van der Waals surface area contributed by atoms with Crippen LogP contribution in [-0.4, -0.2) is 0 Å². The molecule has 0 heterocycles. The fourth-order valence-corrected chi connectivity index (χ4v) is 1.16. The van der Waals surface area contributed by atoms with E-state index in [2.05, 4.69) is 6.92 Å². The van der Waals surface area contributed by atoms with Crippen molar-refractivity contribution >= 4 is 0 Å². The van der Waals surface area contributed by atoms with Crippen LogP contribution in [0.15, 0.2) is 0 Å². The molecule has 0 amide bonds. The third-order valence-corrected chi connectivity index (χ3v) is 1.71. The van der Waals surface area contributed by atoms with Crippen molar-refractivity contribution in [3.63, 3.8) is 0 Å². The Hall–Kier alpha value is 1.64. The summed E-state index contributed by atoms with van der Waals surface area (Å²) in [6.45, 7) is 2.28. The van der Waals surface area contributed by atoms with E-state index in [0.717, 1.165) is 0 Å². The third kappa shape index (κ3) is 3.62. The minimum Gasteiger partial charge on any atom is -0.317 e. The Balaban J connectivity index is 0.000000490. The van der Waals surface area contributed by atoms with Crippen LogP contribution in [0.1, 0.15) is 39.0 Å². The van der Waals surface area contributed by atoms with Gasteiger partial charge in [0, 0.05) is 0 Å². The maximum absolute atomic E-state index is 2.28. The molecule has 0 radical (unpaired) electrons. The van der Waals surface area contributed by atoms with Gasteiger partial charge in [0.25, 0.3) is 0 Å². The van der Waals surface area contributed by atoms with E-state index in [9.17, 15) is 0 Å². The van der Waals surface area contributed by atoms with Crippen molar-refractivity contribution in [3.05, 3.63) is 5.92 Å². The van der Waals surface area contributed by atoms with Gasteiger partial charge in [0.2, 0.25) is 0 Å². The summed E-state index contributed by atoms with van der Waals surface area (Å²) in [5.74, 6) is 1.71. The molecule has 0 saturated heterocycles. The zero-order valence-corrected chi connectivity index (χ0v) is 9.16. The topological polar surface area (TPSA) is 0 Å². The molecule has 1 heteroatoms. The molecule has 0 nitrogen and oxygen atoms in total. The first kappa shape index (κ1) is 9.64. The summed E-state index contributed by atoms with van der Waals surface area (Å²) >= 11 is 0. The van der Waals surface area contributed by atoms with Crippen LogP contribution >= 0.6 is 0 Å². The standard InChI is InChI=1S/C7H13.K/c1-7-5-3-2-4-6-7;/h2-6H2,1H3;/q-1;+1. The van der Waals surface area contributed by atoms with Gasteiger partial charge in [-0.3, -0.25) is 0 Å². The average molecular weight is 136 g/mol. The van der Waals surface area contributed by atoms with E-state index in [1.54, 1.807) is 5.92 Å². The second-order valence-electron chi connectivity index (χ2n) is 2.52. The van der Waals surface area contributed by atoms with Crippen LogP contribution in [0.2, 0.25) is 0 Å². The molecule has 0 N–H and O–H groups in total. The molecular weight excluding hydrogens is 123 g/mol. The fourth-order valence-electron chi connectivity index (χ4n) is 1.16. The van der Waals surface area contributed by atoms with Gasteiger partial charge in [-0.15, -0.1) is 0 Å². The van der Waals surface area contributed by atoms with E-state index in [1.165, 1.54) is 32.1 Å². The Labute approximate surface area is 94.8 Å². The molecule has 1 aliphatic rings. The zero-order chi connectivity index (χ0) is 5.11. The Morgan fingerprint density at radius 1 is 1.00 bits per heavy atom. The van der Waals surface area contributed by atoms with Crippen molar-refractivity contribution in [2.75, 3.05) is 0 Å². The molecule has 0 spiro atoms. The van der Waals surface area contributed by atoms with Crippen molar-refractivity contribution in [2.24, 2.45) is 0 Å². The maximum atomic E-state index is 2.28. The van der Waals surface area contributed by atoms with Crippen LogP contribution in [0.5, 0.6) is 0 Å². The molecule has 0 aromatic carbocycles. The molecule has 1 fully saturated rings. The number of rotatable bonds is 0. The summed E-state index contributed by atoms with van der Waals surface area (Å²) in [6.07, 6.45) is 7.18. The van der Waals surface area contributed by atoms with Gasteiger partial charge in [0.15, 0.2) is 0 Å². The Bertz CT molecular complexity index is 46.3. The summed E-state index contributed by atoms with van der Waals surface area (Å²) < 4.78 is 0. The minimum absolute atomic E-state index is 0. The van der Waals surface area contributed by atoms with E-state index in [4.69, 9.17) is 0 Å². The van der Waals surface area contributed by atoms with Gasteiger partial charge in [0.05, 0.1) is 0 Å². The monoisotopic (exact) mass is 136 g/mol. The number of hydrogen-bond acceptors (Lipinski definition) is 0. The van der Waals surface area contributed by atoms with E-state index in [1.807, 2.05) is 0 Å². The van der Waals surface area contributed by atoms with Crippen LogP contribution in [0.25, 0.3) is 0 Å². The normalized spacial score (nSPS) is 22.1. The predicted octanol–water partition coefficient (Wildman–Crippen LogP) is -0.451. The van der Waals surface area contributed by atoms with Crippen molar-refractivity contribution in [2.45, 2.75) is 39.0 Å². The van der Waals surface area contributed by atoms with E-state index >= 15 is 0 Å². The van der Waals surface area contributed by atoms with Crippen LogP contribution in [0, 0.1) is 5.92 Å². The Kier molecular flexibility index (Phi) is 6.53. The Morgan fingerprint density at radius 2 is 1.50 bits per heavy atom. The molecule has 0 unspecified atom stereocenters. The molecule has 42 valence electrons. The van der Waals surface area contributed by atoms with E-state index in [-0.39, 0.29) is 51.4 Å². The molecule has 1 saturated carbocycles. The predicted molar refractivity (Wildman–Crippen MR) is 32.0 cm³/mol. The summed E-state index contributed by atoms with van der Waals surface area (Å²) in [4.78, 5) is 0. The van der Waals surface area contributed by atoms with Crippen LogP contribution in [0.3, 0.4) is 0 Å². The second-order valence-corrected chi connectivity index (χ2v) is 2.52. The molecule has 1 rings (SSSR count). The molecule has 0 aliphatic heterocycles. The molecule has 8 heavy (non-hydrogen) atoms. The van der Waals surface area contributed by atoms with Crippen LogP contribution < -0.4 is 51.4 Å². The smallest absolute Gasteiger partial charge is 0.317 e. The minimum atomic E-state index is 0. The summed E-state index contributed by atoms with van der Waals surface area (Å²) in [5, 5.41) is 0. The van der Waals surface area contributed by atoms with Crippen molar-refractivity contribution < 1.29 is 51.4 Å². The van der Waals surface area contributed by atoms with Gasteiger partial charge in [0.1, 0.15) is 0 Å². The molecule has 0 atom stereocenters. The third-order valence-electron chi connectivity index (χ3n) is 1.71. The van der Waals surface area contributed by atoms with Crippen molar-refractivity contribution in [1.82, 2.24) is 0 Å². The Morgan fingerprint density at radius 3 is 1.75 bits per heavy atom. The maximum Gasteiger partial charge on any atom is 1.00 e. The summed E-state index contributed by atoms with van der Waals surface area (Å²) in [5.41, 5.74) is 0. The first-order valence-electron chi connectivity index (χ1n) is 3.21. The van der Waals surface area contributed by atoms with Crippen molar-refractivity contribution in [3.8, 4) is 0 Å². The van der Waals surface area contributed by atoms with Gasteiger partial charge in [-0.2, -0.15) is 19.8 Å². The first-order valence-corrected chi connectivity index (χ1v) is 3.21. The average Bonchev–Trinajstić information content (AvgIpc) is 1.69. The molecule has 1 aliphatic carbocycles. The van der Waals surface area contributed by atoms with Crippen LogP contribution in [-0.2, 0) is 0 Å². The zero-order valence-electron chi connectivity index (χ0n) is 6.04. The molecule has 0 aromatic rings. The summed E-state index contributed by atoms with van der Waals surface area (Å²) in [7, 11) is 0. The second kappa shape index (κ2) is 5.42. The van der Waals surface area contributed by atoms with Gasteiger partial charge in [-0.25, -0.2) is 0 Å².